The van der Waals surface area contributed by atoms with Crippen LogP contribution in [-0.4, -0.2) is 22.6 Å². The molecule has 1 N–H and O–H groups in total. The number of methoxy groups -OCH3 is 1. The maximum Gasteiger partial charge on any atom is 0.412 e. The first kappa shape index (κ1) is 9.37. The van der Waals surface area contributed by atoms with Gasteiger partial charge in [-0.25, -0.2) is 4.79 Å². The number of rotatable bonds is 1. The predicted octanol–water partition coefficient (Wildman–Crippen LogP) is -0.0979. The van der Waals surface area contributed by atoms with Gasteiger partial charge in [0, 0.05) is 20.2 Å². The van der Waals surface area contributed by atoms with Crippen LogP contribution in [0.2, 0.25) is 0 Å². The van der Waals surface area contributed by atoms with Crippen LogP contribution in [0, 0.1) is 0 Å². The Kier molecular flexibility index (Phi) is 2.41. The summed E-state index contributed by atoms with van der Waals surface area (Å²) in [5, 5.41) is 2.40. The first-order valence-corrected chi connectivity index (χ1v) is 3.64. The molecule has 0 spiro atoms. The number of hydrogen-bond acceptors (Lipinski definition) is 3. The van der Waals surface area contributed by atoms with E-state index in [1.54, 1.807) is 14.1 Å². The molecule has 1 heterocycles. The zero-order chi connectivity index (χ0) is 10.0. The van der Waals surface area contributed by atoms with Crippen molar-refractivity contribution < 1.29 is 9.53 Å². The summed E-state index contributed by atoms with van der Waals surface area (Å²) in [4.78, 5) is 21.9. The van der Waals surface area contributed by atoms with Crippen molar-refractivity contribution in [2.45, 2.75) is 0 Å². The highest BCUT2D eigenvalue weighted by Crippen LogP contribution is 2.01. The molecule has 0 radical (unpaired) electrons. The average molecular weight is 185 g/mol. The van der Waals surface area contributed by atoms with Crippen molar-refractivity contribution in [3.8, 4) is 0 Å². The molecule has 1 aromatic heterocycles. The molecule has 0 atom stereocenters. The van der Waals surface area contributed by atoms with E-state index in [-0.39, 0.29) is 5.56 Å². The molecule has 0 aromatic carbocycles. The topological polar surface area (TPSA) is 65.3 Å². The normalized spacial score (nSPS) is 9.77. The first-order chi connectivity index (χ1) is 6.06. The minimum atomic E-state index is -0.596. The molecule has 1 amide bonds. The molecule has 0 saturated heterocycles. The molecular weight excluding hydrogens is 174 g/mol. The van der Waals surface area contributed by atoms with Gasteiger partial charge in [0.1, 0.15) is 5.82 Å². The Morgan fingerprint density at radius 2 is 2.08 bits per heavy atom. The van der Waals surface area contributed by atoms with E-state index in [2.05, 4.69) is 10.1 Å². The van der Waals surface area contributed by atoms with Crippen molar-refractivity contribution in [2.24, 2.45) is 14.1 Å². The Morgan fingerprint density at radius 1 is 1.46 bits per heavy atom. The average Bonchev–Trinajstić information content (AvgIpc) is 2.34. The van der Waals surface area contributed by atoms with Crippen LogP contribution >= 0.6 is 0 Å². The van der Waals surface area contributed by atoms with Gasteiger partial charge in [0.25, 0.3) is 5.56 Å². The largest absolute Gasteiger partial charge is 0.453 e. The number of aromatic nitrogens is 2. The van der Waals surface area contributed by atoms with Crippen LogP contribution in [0.15, 0.2) is 10.9 Å². The third-order valence-corrected chi connectivity index (χ3v) is 1.79. The van der Waals surface area contributed by atoms with E-state index in [4.69, 9.17) is 0 Å². The van der Waals surface area contributed by atoms with Gasteiger partial charge in [-0.1, -0.05) is 0 Å². The summed E-state index contributed by atoms with van der Waals surface area (Å²) >= 11 is 0. The maximum atomic E-state index is 11.1. The molecule has 1 aromatic rings. The molecule has 0 aliphatic carbocycles. The second kappa shape index (κ2) is 3.34. The van der Waals surface area contributed by atoms with Crippen molar-refractivity contribution in [2.75, 3.05) is 12.4 Å². The summed E-state index contributed by atoms with van der Waals surface area (Å²) in [6.07, 6.45) is -0.596. The van der Waals surface area contributed by atoms with Gasteiger partial charge in [-0.05, 0) is 0 Å². The Labute approximate surface area is 74.7 Å². The molecule has 0 saturated carbocycles. The van der Waals surface area contributed by atoms with Crippen LogP contribution in [0.1, 0.15) is 0 Å². The van der Waals surface area contributed by atoms with E-state index in [0.29, 0.717) is 5.82 Å². The van der Waals surface area contributed by atoms with Crippen LogP contribution in [0.4, 0.5) is 10.6 Å². The lowest BCUT2D eigenvalue weighted by atomic mass is 10.6. The van der Waals surface area contributed by atoms with Crippen molar-refractivity contribution in [3.05, 3.63) is 16.4 Å². The highest BCUT2D eigenvalue weighted by molar-refractivity contribution is 5.83. The van der Waals surface area contributed by atoms with E-state index < -0.39 is 6.09 Å². The lowest BCUT2D eigenvalue weighted by molar-refractivity contribution is 0.186. The van der Waals surface area contributed by atoms with Gasteiger partial charge in [0.2, 0.25) is 0 Å². The number of nitrogens with one attached hydrogen (secondary N) is 1. The third kappa shape index (κ3) is 1.71. The minimum absolute atomic E-state index is 0.186. The van der Waals surface area contributed by atoms with Gasteiger partial charge in [0.05, 0.1) is 7.11 Å². The molecule has 13 heavy (non-hydrogen) atoms. The lowest BCUT2D eigenvalue weighted by Gasteiger charge is -2.05. The molecule has 6 heteroatoms. The van der Waals surface area contributed by atoms with E-state index in [1.165, 1.54) is 22.5 Å². The number of anilines is 1. The van der Waals surface area contributed by atoms with E-state index in [0.717, 1.165) is 0 Å². The SMILES string of the molecule is COC(=O)Nc1cc(=O)n(C)n1C. The van der Waals surface area contributed by atoms with Gasteiger partial charge >= 0.3 is 6.09 Å². The molecule has 1 rings (SSSR count). The Morgan fingerprint density at radius 3 is 2.46 bits per heavy atom. The van der Waals surface area contributed by atoms with Crippen molar-refractivity contribution >= 4 is 11.9 Å². The smallest absolute Gasteiger partial charge is 0.412 e. The van der Waals surface area contributed by atoms with Crippen LogP contribution in [0.25, 0.3) is 0 Å². The van der Waals surface area contributed by atoms with Crippen molar-refractivity contribution in [1.29, 1.82) is 0 Å². The fourth-order valence-electron chi connectivity index (χ4n) is 0.886. The van der Waals surface area contributed by atoms with Gasteiger partial charge < -0.3 is 4.74 Å². The second-order valence-corrected chi connectivity index (χ2v) is 2.53. The Hall–Kier alpha value is -1.72. The summed E-state index contributed by atoms with van der Waals surface area (Å²) in [6.45, 7) is 0. The zero-order valence-corrected chi connectivity index (χ0v) is 7.70. The van der Waals surface area contributed by atoms with Crippen LogP contribution in [0.3, 0.4) is 0 Å². The number of amides is 1. The van der Waals surface area contributed by atoms with Gasteiger partial charge in [-0.3, -0.25) is 19.5 Å². The van der Waals surface area contributed by atoms with E-state index in [9.17, 15) is 9.59 Å². The summed E-state index contributed by atoms with van der Waals surface area (Å²) in [5.74, 6) is 0.402. The number of hydrogen-bond donors (Lipinski definition) is 1. The van der Waals surface area contributed by atoms with Crippen LogP contribution in [-0.2, 0) is 18.8 Å². The highest BCUT2D eigenvalue weighted by atomic mass is 16.5. The molecule has 0 aliphatic rings. The fourth-order valence-corrected chi connectivity index (χ4v) is 0.886. The number of carbonyl (C=O) groups is 1. The molecular formula is C7H11N3O3. The number of carbonyl (C=O) groups excluding carboxylic acids is 1. The standard InChI is InChI=1S/C7H11N3O3/c1-9-5(8-7(12)13-3)4-6(11)10(9)2/h4H,1-3H3,(H,8,12). The fraction of sp³-hybridized carbons (Fsp3) is 0.429. The minimum Gasteiger partial charge on any atom is -0.453 e. The lowest BCUT2D eigenvalue weighted by Crippen LogP contribution is -2.18. The Bertz CT molecular complexity index is 377. The molecule has 0 unspecified atom stereocenters. The second-order valence-electron chi connectivity index (χ2n) is 2.53. The Balaban J connectivity index is 2.96. The van der Waals surface area contributed by atoms with Gasteiger partial charge in [0.15, 0.2) is 0 Å². The van der Waals surface area contributed by atoms with E-state index in [1.807, 2.05) is 0 Å². The molecule has 72 valence electrons. The molecule has 0 fully saturated rings. The summed E-state index contributed by atoms with van der Waals surface area (Å²) < 4.78 is 7.26. The quantitative estimate of drug-likeness (QED) is 0.664. The summed E-state index contributed by atoms with van der Waals surface area (Å²) in [5.41, 5.74) is -0.186. The maximum absolute atomic E-state index is 11.1. The highest BCUT2D eigenvalue weighted by Gasteiger charge is 2.07. The van der Waals surface area contributed by atoms with Crippen molar-refractivity contribution in [1.82, 2.24) is 9.36 Å². The third-order valence-electron chi connectivity index (χ3n) is 1.79. The summed E-state index contributed by atoms with van der Waals surface area (Å²) in [7, 11) is 4.52. The van der Waals surface area contributed by atoms with E-state index >= 15 is 0 Å². The monoisotopic (exact) mass is 185 g/mol. The van der Waals surface area contributed by atoms with Crippen LogP contribution < -0.4 is 10.9 Å². The van der Waals surface area contributed by atoms with Crippen molar-refractivity contribution in [3.63, 3.8) is 0 Å². The predicted molar refractivity (Wildman–Crippen MR) is 46.7 cm³/mol. The first-order valence-electron chi connectivity index (χ1n) is 3.64. The van der Waals surface area contributed by atoms with Gasteiger partial charge in [-0.2, -0.15) is 0 Å². The summed E-state index contributed by atoms with van der Waals surface area (Å²) in [6, 6.07) is 1.32. The number of nitrogens with zero attached hydrogens (tertiary/aromatic N) is 2. The van der Waals surface area contributed by atoms with Crippen LogP contribution in [0.5, 0.6) is 0 Å². The molecule has 0 bridgehead atoms. The number of ether oxygens (including phenoxy) is 1. The molecule has 6 nitrogen and oxygen atoms in total. The van der Waals surface area contributed by atoms with Gasteiger partial charge in [-0.15, -0.1) is 0 Å². The molecule has 0 aliphatic heterocycles. The zero-order valence-electron chi connectivity index (χ0n) is 7.70.